The number of halogens is 1. The minimum absolute atomic E-state index is 0.0870. The second kappa shape index (κ2) is 10.5. The van der Waals surface area contributed by atoms with Crippen LogP contribution in [0.5, 0.6) is 11.6 Å². The van der Waals surface area contributed by atoms with Crippen molar-refractivity contribution in [2.75, 3.05) is 20.3 Å². The average molecular weight is 455 g/mol. The van der Waals surface area contributed by atoms with Gasteiger partial charge in [-0.05, 0) is 32.9 Å². The number of carbonyl (C=O) groups is 1. The molecule has 7 nitrogen and oxygen atoms in total. The molecule has 2 amide bonds. The smallest absolute Gasteiger partial charge is 0.318 e. The molecule has 0 unspecified atom stereocenters. The molecule has 0 aliphatic heterocycles. The zero-order valence-electron chi connectivity index (χ0n) is 19.8. The SMILES string of the molecule is COCCN(Cc1c(-c2ccccc2)nn(C)c1Oc1ccccc1F)C(=O)NC(C)(C)C. The number of hydrogen-bond acceptors (Lipinski definition) is 4. The zero-order valence-corrected chi connectivity index (χ0v) is 19.8. The topological polar surface area (TPSA) is 68.6 Å². The van der Waals surface area contributed by atoms with Crippen LogP contribution >= 0.6 is 0 Å². The first-order valence-electron chi connectivity index (χ1n) is 10.8. The number of rotatable bonds is 8. The van der Waals surface area contributed by atoms with Crippen molar-refractivity contribution in [2.45, 2.75) is 32.9 Å². The molecule has 3 aromatic rings. The summed E-state index contributed by atoms with van der Waals surface area (Å²) in [6, 6.07) is 15.6. The van der Waals surface area contributed by atoms with Gasteiger partial charge in [-0.15, -0.1) is 0 Å². The fraction of sp³-hybridized carbons (Fsp3) is 0.360. The molecular formula is C25H31FN4O3. The van der Waals surface area contributed by atoms with Crippen LogP contribution in [0.4, 0.5) is 9.18 Å². The summed E-state index contributed by atoms with van der Waals surface area (Å²) in [6.07, 6.45) is 0. The first-order chi connectivity index (χ1) is 15.7. The van der Waals surface area contributed by atoms with Gasteiger partial charge in [-0.3, -0.25) is 0 Å². The molecular weight excluding hydrogens is 423 g/mol. The van der Waals surface area contributed by atoms with E-state index in [1.165, 1.54) is 6.07 Å². The second-order valence-electron chi connectivity index (χ2n) is 8.75. The number of methoxy groups -OCH3 is 1. The van der Waals surface area contributed by atoms with Crippen molar-refractivity contribution in [1.29, 1.82) is 0 Å². The highest BCUT2D eigenvalue weighted by molar-refractivity contribution is 5.76. The molecule has 0 aliphatic carbocycles. The average Bonchev–Trinajstić information content (AvgIpc) is 3.07. The molecule has 0 spiro atoms. The normalized spacial score (nSPS) is 11.3. The Morgan fingerprint density at radius 3 is 2.42 bits per heavy atom. The Balaban J connectivity index is 2.05. The monoisotopic (exact) mass is 454 g/mol. The van der Waals surface area contributed by atoms with Crippen molar-refractivity contribution in [3.63, 3.8) is 0 Å². The summed E-state index contributed by atoms with van der Waals surface area (Å²) in [6.45, 7) is 6.69. The van der Waals surface area contributed by atoms with Gasteiger partial charge < -0.3 is 19.7 Å². The van der Waals surface area contributed by atoms with Crippen molar-refractivity contribution in [1.82, 2.24) is 20.0 Å². The van der Waals surface area contributed by atoms with Crippen LogP contribution in [0.2, 0.25) is 0 Å². The highest BCUT2D eigenvalue weighted by Crippen LogP contribution is 2.35. The van der Waals surface area contributed by atoms with Crippen molar-refractivity contribution in [3.05, 3.63) is 66.0 Å². The highest BCUT2D eigenvalue weighted by Gasteiger charge is 2.26. The Morgan fingerprint density at radius 2 is 1.79 bits per heavy atom. The highest BCUT2D eigenvalue weighted by atomic mass is 19.1. The van der Waals surface area contributed by atoms with Gasteiger partial charge in [-0.25, -0.2) is 13.9 Å². The van der Waals surface area contributed by atoms with E-state index in [9.17, 15) is 9.18 Å². The Morgan fingerprint density at radius 1 is 1.12 bits per heavy atom. The predicted molar refractivity (Wildman–Crippen MR) is 126 cm³/mol. The molecule has 0 saturated heterocycles. The molecule has 33 heavy (non-hydrogen) atoms. The van der Waals surface area contributed by atoms with E-state index in [-0.39, 0.29) is 18.3 Å². The number of aromatic nitrogens is 2. The maximum atomic E-state index is 14.4. The number of amides is 2. The molecule has 0 saturated carbocycles. The van der Waals surface area contributed by atoms with Crippen LogP contribution < -0.4 is 10.1 Å². The molecule has 1 aromatic heterocycles. The Labute approximate surface area is 194 Å². The first kappa shape index (κ1) is 24.3. The molecule has 0 fully saturated rings. The largest absolute Gasteiger partial charge is 0.436 e. The quantitative estimate of drug-likeness (QED) is 0.522. The minimum atomic E-state index is -0.479. The van der Waals surface area contributed by atoms with Gasteiger partial charge in [0, 0.05) is 31.8 Å². The third kappa shape index (κ3) is 6.32. The summed E-state index contributed by atoms with van der Waals surface area (Å²) in [4.78, 5) is 14.7. The molecule has 0 radical (unpaired) electrons. The molecule has 0 atom stereocenters. The fourth-order valence-corrected chi connectivity index (χ4v) is 3.33. The van der Waals surface area contributed by atoms with E-state index in [0.717, 1.165) is 5.56 Å². The van der Waals surface area contributed by atoms with Gasteiger partial charge >= 0.3 is 6.03 Å². The van der Waals surface area contributed by atoms with Crippen LogP contribution in [0.1, 0.15) is 26.3 Å². The maximum absolute atomic E-state index is 14.4. The Hall–Kier alpha value is -3.39. The van der Waals surface area contributed by atoms with E-state index < -0.39 is 11.4 Å². The third-order valence-corrected chi connectivity index (χ3v) is 4.86. The molecule has 0 aliphatic rings. The molecule has 0 bridgehead atoms. The second-order valence-corrected chi connectivity index (χ2v) is 8.75. The van der Waals surface area contributed by atoms with E-state index in [0.29, 0.717) is 30.3 Å². The van der Waals surface area contributed by atoms with E-state index in [1.54, 1.807) is 41.9 Å². The number of urea groups is 1. The molecule has 3 rings (SSSR count). The van der Waals surface area contributed by atoms with Gasteiger partial charge in [0.1, 0.15) is 5.69 Å². The fourth-order valence-electron chi connectivity index (χ4n) is 3.33. The van der Waals surface area contributed by atoms with Gasteiger partial charge in [0.05, 0.1) is 18.7 Å². The third-order valence-electron chi connectivity index (χ3n) is 4.86. The summed E-state index contributed by atoms with van der Waals surface area (Å²) in [5, 5.41) is 7.65. The summed E-state index contributed by atoms with van der Waals surface area (Å²) in [7, 11) is 3.33. The number of hydrogen-bond donors (Lipinski definition) is 1. The lowest BCUT2D eigenvalue weighted by Crippen LogP contribution is -2.49. The first-order valence-corrected chi connectivity index (χ1v) is 10.8. The Bertz CT molecular complexity index is 1080. The van der Waals surface area contributed by atoms with Gasteiger partial charge in [0.25, 0.3) is 0 Å². The van der Waals surface area contributed by atoms with Gasteiger partial charge in [0.2, 0.25) is 5.88 Å². The molecule has 8 heteroatoms. The van der Waals surface area contributed by atoms with Gasteiger partial charge in [0.15, 0.2) is 11.6 Å². The molecule has 2 aromatic carbocycles. The summed E-state index contributed by atoms with van der Waals surface area (Å²) >= 11 is 0. The number of nitrogens with one attached hydrogen (secondary N) is 1. The van der Waals surface area contributed by atoms with E-state index in [1.807, 2.05) is 51.1 Å². The van der Waals surface area contributed by atoms with Gasteiger partial charge in [-0.1, -0.05) is 42.5 Å². The summed E-state index contributed by atoms with van der Waals surface area (Å²) < 4.78 is 27.2. The number of ether oxygens (including phenoxy) is 2. The summed E-state index contributed by atoms with van der Waals surface area (Å²) in [5.74, 6) is -0.0264. The lowest BCUT2D eigenvalue weighted by atomic mass is 10.1. The minimum Gasteiger partial charge on any atom is -0.436 e. The zero-order chi connectivity index (χ0) is 24.0. The van der Waals surface area contributed by atoms with Crippen LogP contribution in [0.25, 0.3) is 11.3 Å². The number of para-hydroxylation sites is 1. The lowest BCUT2D eigenvalue weighted by Gasteiger charge is -2.28. The summed E-state index contributed by atoms with van der Waals surface area (Å²) in [5.41, 5.74) is 1.79. The number of benzene rings is 2. The standard InChI is InChI=1S/C25H31FN4O3/c1-25(2,3)27-24(31)30(15-16-32-5)17-19-22(18-11-7-6-8-12-18)28-29(4)23(19)33-21-14-10-9-13-20(21)26/h6-14H,15-17H2,1-5H3,(H,27,31). The van der Waals surface area contributed by atoms with E-state index in [2.05, 4.69) is 10.4 Å². The number of nitrogens with zero attached hydrogens (tertiary/aromatic N) is 3. The molecule has 176 valence electrons. The number of aryl methyl sites for hydroxylation is 1. The van der Waals surface area contributed by atoms with Crippen molar-refractivity contribution >= 4 is 6.03 Å². The van der Waals surface area contributed by atoms with Crippen molar-refractivity contribution < 1.29 is 18.7 Å². The lowest BCUT2D eigenvalue weighted by molar-refractivity contribution is 0.142. The van der Waals surface area contributed by atoms with Crippen LogP contribution in [0, 0.1) is 5.82 Å². The Kier molecular flexibility index (Phi) is 7.71. The van der Waals surface area contributed by atoms with E-state index in [4.69, 9.17) is 9.47 Å². The van der Waals surface area contributed by atoms with Crippen LogP contribution in [-0.4, -0.2) is 46.5 Å². The van der Waals surface area contributed by atoms with E-state index >= 15 is 0 Å². The van der Waals surface area contributed by atoms with Crippen molar-refractivity contribution in [2.24, 2.45) is 7.05 Å². The van der Waals surface area contributed by atoms with Crippen molar-refractivity contribution in [3.8, 4) is 22.9 Å². The van der Waals surface area contributed by atoms with Crippen LogP contribution in [0.15, 0.2) is 54.6 Å². The molecule has 1 N–H and O–H groups in total. The van der Waals surface area contributed by atoms with Gasteiger partial charge in [-0.2, -0.15) is 5.10 Å². The predicted octanol–water partition coefficient (Wildman–Crippen LogP) is 4.98. The van der Waals surface area contributed by atoms with Crippen LogP contribution in [-0.2, 0) is 18.3 Å². The molecule has 1 heterocycles. The number of carbonyl (C=O) groups excluding carboxylic acids is 1. The maximum Gasteiger partial charge on any atom is 0.318 e. The van der Waals surface area contributed by atoms with Crippen LogP contribution in [0.3, 0.4) is 0 Å².